The second-order valence-corrected chi connectivity index (χ2v) is 27.1. The van der Waals surface area contributed by atoms with E-state index in [0.29, 0.717) is 40.5 Å². The number of nitrogen functional groups attached to an aromatic ring is 1. The zero-order valence-corrected chi connectivity index (χ0v) is 53.0. The van der Waals surface area contributed by atoms with Gasteiger partial charge in [-0.25, -0.2) is 23.7 Å². The second-order valence-electron chi connectivity index (χ2n) is 20.8. The van der Waals surface area contributed by atoms with E-state index in [0.717, 1.165) is 30.9 Å². The maximum atomic E-state index is 13.1. The number of fused-ring (bicyclic) bond motifs is 3. The number of ether oxygens (including phenoxy) is 1. The number of thioether (sulfide) groups is 3. The van der Waals surface area contributed by atoms with Crippen molar-refractivity contribution < 1.29 is 91.9 Å². The van der Waals surface area contributed by atoms with Crippen molar-refractivity contribution in [3.8, 4) is 0 Å². The number of aromatic nitrogens is 3. The fraction of sp³-hybridized carbons (Fsp3) is 0.316. The van der Waals surface area contributed by atoms with Crippen molar-refractivity contribution in [2.75, 3.05) is 29.6 Å². The highest BCUT2D eigenvalue weighted by atomic mass is 32.2. The van der Waals surface area contributed by atoms with Crippen LogP contribution in [0.5, 0.6) is 0 Å². The van der Waals surface area contributed by atoms with E-state index < -0.39 is 93.3 Å². The molecule has 6 aliphatic rings. The predicted molar refractivity (Wildman–Crippen MR) is 326 cm³/mol. The third kappa shape index (κ3) is 15.3. The zero-order valence-electron chi connectivity index (χ0n) is 48.1. The van der Waals surface area contributed by atoms with Crippen molar-refractivity contribution in [1.29, 1.82) is 0 Å². The number of carbonyl (C=O) groups is 11. The average molecular weight is 1360 g/mol. The molecule has 0 spiro atoms. The molecule has 0 radical (unpaired) electrons. The lowest BCUT2D eigenvalue weighted by Gasteiger charge is -2.50. The van der Waals surface area contributed by atoms with Crippen molar-refractivity contribution in [2.45, 2.75) is 86.6 Å². The molecule has 5 aromatic rings. The van der Waals surface area contributed by atoms with Gasteiger partial charge in [0.1, 0.15) is 52.2 Å². The molecule has 0 aromatic carbocycles. The molecule has 6 aliphatic heterocycles. The standard InChI is InChI=1S/C22H22N6O7S2.C19H17N3O4S2.C16H16N2O6S2/c1-22(2,20(33)34)35-26-13(12-10-37-21(23)24-12)16(29)25-14-17(30)28-15(19(31)32)11(9-36-18(14)28)8-27-6-4-3-5-7-27;23-14(9-13-5-4-8-27-13)20-15-17(24)22-16(19(25)26)12(11-28-18(15)22)10-21-6-2-1-3-7-21;1-8(19)24-6-9-7-26-15-12(14(21)18(15)13(9)16(22)23)17-11(20)5-10-3-2-4-25-10/h3-7,10,14,18H,8-9H2,1-2H3,(H4-,23,24,25,29,31,32,33,34);1-8,15,18H,9-11H2,(H-,20,23,25,26);2-4,12,15H,5-7H2,1H3,(H,17,20)(H,22,23)/b26-13-;;/t14-,18-;15-,18-;12-,15-/m111/s1. The van der Waals surface area contributed by atoms with Crippen molar-refractivity contribution in [2.24, 2.45) is 5.16 Å². The Balaban J connectivity index is 0.000000165. The number of carboxylic acid groups (broad SMARTS) is 4. The lowest BCUT2D eigenvalue weighted by Crippen LogP contribution is -2.71. The van der Waals surface area contributed by atoms with Crippen LogP contribution < -0.4 is 41.0 Å². The molecule has 6 atom stereocenters. The molecule has 5 aromatic heterocycles. The molecule has 0 aliphatic carbocycles. The summed E-state index contributed by atoms with van der Waals surface area (Å²) < 4.78 is 8.51. The number of nitrogens with two attached hydrogens (primary N) is 1. The van der Waals surface area contributed by atoms with E-state index >= 15 is 0 Å². The Bertz CT molecular complexity index is 3820. The number of aliphatic carboxylic acids is 4. The summed E-state index contributed by atoms with van der Waals surface area (Å²) in [5.74, 6) is -7.80. The van der Waals surface area contributed by atoms with E-state index in [-0.39, 0.29) is 71.4 Å². The van der Waals surface area contributed by atoms with Crippen LogP contribution in [0.2, 0.25) is 0 Å². The van der Waals surface area contributed by atoms with Crippen molar-refractivity contribution in [1.82, 2.24) is 35.6 Å². The first-order valence-corrected chi connectivity index (χ1v) is 33.0. The Hall–Kier alpha value is -8.96. The van der Waals surface area contributed by atoms with E-state index in [1.807, 2.05) is 76.3 Å². The molecule has 11 heterocycles. The Morgan fingerprint density at radius 3 is 1.48 bits per heavy atom. The van der Waals surface area contributed by atoms with Gasteiger partial charge in [0, 0.05) is 80.3 Å². The Morgan fingerprint density at radius 1 is 0.659 bits per heavy atom. The van der Waals surface area contributed by atoms with Gasteiger partial charge in [0.25, 0.3) is 23.6 Å². The van der Waals surface area contributed by atoms with Gasteiger partial charge in [-0.15, -0.1) is 69.3 Å². The van der Waals surface area contributed by atoms with Gasteiger partial charge in [-0.3, -0.25) is 48.3 Å². The third-order valence-corrected chi connectivity index (χ3v) is 20.5. The van der Waals surface area contributed by atoms with Crippen LogP contribution in [0.15, 0.2) is 141 Å². The quantitative estimate of drug-likeness (QED) is 0.0168. The fourth-order valence-electron chi connectivity index (χ4n) is 9.69. The summed E-state index contributed by atoms with van der Waals surface area (Å²) in [6, 6.07) is 15.9. The lowest BCUT2D eigenvalue weighted by molar-refractivity contribution is -0.689. The normalized spacial score (nSPS) is 20.7. The number of β-lactam (4-membered cyclic amide) rings is 3. The molecule has 0 saturated carbocycles. The number of thiophene rings is 2. The Kier molecular flexibility index (Phi) is 21.1. The van der Waals surface area contributed by atoms with Crippen molar-refractivity contribution >= 4 is 145 Å². The van der Waals surface area contributed by atoms with E-state index in [1.165, 1.54) is 89.0 Å². The first kappa shape index (κ1) is 66.5. The van der Waals surface area contributed by atoms with Crippen molar-refractivity contribution in [3.63, 3.8) is 0 Å². The summed E-state index contributed by atoms with van der Waals surface area (Å²) in [6.07, 6.45) is 7.61. The number of esters is 1. The summed E-state index contributed by atoms with van der Waals surface area (Å²) >= 11 is 8.04. The number of carbonyl (C=O) groups excluding carboxylic acids is 9. The van der Waals surface area contributed by atoms with Gasteiger partial charge < -0.3 is 61.3 Å². The number of thiazole rings is 1. The molecule has 7 N–H and O–H groups in total. The first-order valence-electron chi connectivity index (χ1n) is 27.2. The number of anilines is 1. The number of nitrogens with one attached hydrogen (secondary N) is 3. The molecule has 3 saturated heterocycles. The minimum Gasteiger partial charge on any atom is -0.543 e. The molecular formula is C57H55N11O17S6. The van der Waals surface area contributed by atoms with Gasteiger partial charge in [0.05, 0.1) is 36.2 Å². The number of nitrogens with zero attached hydrogens (tertiary/aromatic N) is 7. The lowest BCUT2D eigenvalue weighted by atomic mass is 10.0. The number of amides is 6. The molecule has 28 nitrogen and oxygen atoms in total. The Morgan fingerprint density at radius 2 is 1.10 bits per heavy atom. The highest BCUT2D eigenvalue weighted by Gasteiger charge is 2.56. The fourth-order valence-corrected chi connectivity index (χ4v) is 15.6. The SMILES string of the molecule is CC(=O)OCC1=C(C(=O)O)N2C(=O)[C@@H](NC(=O)Cc3cccs3)[C@H]2SC1.CC(C)(O/N=C(\C(=O)N[C@@H]1C(=O)N2C(C(=O)[O-])=C(C[n+]3ccccc3)CS[C@H]12)c1csc(N)n1)C(=O)O.O=C(Cc1cccs1)N[C@@H]1C(=O)N2C(C(=O)[O-])=C(C[n+]3ccccc3)CS[C@H]12. The van der Waals surface area contributed by atoms with E-state index in [9.17, 15) is 73.2 Å². The highest BCUT2D eigenvalue weighted by Crippen LogP contribution is 2.43. The monoisotopic (exact) mass is 1360 g/mol. The predicted octanol–water partition coefficient (Wildman–Crippen LogP) is -1.02. The summed E-state index contributed by atoms with van der Waals surface area (Å²) in [5, 5.41) is 57.9. The molecule has 476 valence electrons. The van der Waals surface area contributed by atoms with Crippen LogP contribution in [-0.2, 0) is 88.2 Å². The minimum atomic E-state index is -1.75. The number of hydrogen-bond donors (Lipinski definition) is 6. The smallest absolute Gasteiger partial charge is 0.352 e. The van der Waals surface area contributed by atoms with Gasteiger partial charge in [0.2, 0.25) is 17.4 Å². The maximum absolute atomic E-state index is 13.1. The highest BCUT2D eigenvalue weighted by molar-refractivity contribution is 8.00. The van der Waals surface area contributed by atoms with Gasteiger partial charge in [-0.1, -0.05) is 29.4 Å². The summed E-state index contributed by atoms with van der Waals surface area (Å²) in [6.45, 7) is 4.17. The zero-order chi connectivity index (χ0) is 65.4. The average Bonchev–Trinajstić information content (AvgIpc) is 0.818. The molecule has 91 heavy (non-hydrogen) atoms. The minimum absolute atomic E-state index is 0.0265. The first-order chi connectivity index (χ1) is 43.4. The van der Waals surface area contributed by atoms with Gasteiger partial charge in [-0.05, 0) is 36.7 Å². The van der Waals surface area contributed by atoms with Crippen LogP contribution in [0, 0.1) is 0 Å². The number of hydrogen-bond acceptors (Lipinski definition) is 24. The maximum Gasteiger partial charge on any atom is 0.352 e. The van der Waals surface area contributed by atoms with E-state index in [2.05, 4.69) is 26.1 Å². The molecule has 0 bridgehead atoms. The summed E-state index contributed by atoms with van der Waals surface area (Å²) in [5.41, 5.74) is 4.58. The molecule has 0 unspecified atom stereocenters. The molecule has 6 amide bonds. The third-order valence-electron chi connectivity index (χ3n) is 14.1. The van der Waals surface area contributed by atoms with Gasteiger partial charge in [-0.2, -0.15) is 0 Å². The molecule has 34 heteroatoms. The summed E-state index contributed by atoms with van der Waals surface area (Å²) in [4.78, 5) is 148. The van der Waals surface area contributed by atoms with E-state index in [4.69, 9.17) is 15.3 Å². The van der Waals surface area contributed by atoms with Crippen LogP contribution in [0.3, 0.4) is 0 Å². The van der Waals surface area contributed by atoms with Gasteiger partial charge in [0.15, 0.2) is 48.7 Å². The largest absolute Gasteiger partial charge is 0.543 e. The van der Waals surface area contributed by atoms with Crippen molar-refractivity contribution in [3.05, 3.63) is 151 Å². The van der Waals surface area contributed by atoms with Crippen LogP contribution in [0.4, 0.5) is 5.13 Å². The van der Waals surface area contributed by atoms with Crippen LogP contribution in [0.1, 0.15) is 36.2 Å². The van der Waals surface area contributed by atoms with Crippen LogP contribution in [0.25, 0.3) is 0 Å². The molecular weight excluding hydrogens is 1300 g/mol. The Labute approximate surface area is 541 Å². The summed E-state index contributed by atoms with van der Waals surface area (Å²) in [7, 11) is 0. The number of carboxylic acids is 4. The van der Waals surface area contributed by atoms with E-state index in [1.54, 1.807) is 29.1 Å². The molecule has 11 rings (SSSR count). The number of rotatable bonds is 21. The second kappa shape index (κ2) is 28.9. The van der Waals surface area contributed by atoms with Gasteiger partial charge >= 0.3 is 17.9 Å². The topological polar surface area (TPSA) is 398 Å². The molecule has 3 fully saturated rings. The van der Waals surface area contributed by atoms with Crippen LogP contribution >= 0.6 is 69.3 Å². The number of oxime groups is 1. The van der Waals surface area contributed by atoms with Crippen LogP contribution in [-0.4, -0.2) is 165 Å². The number of pyridine rings is 2.